The Morgan fingerprint density at radius 2 is 2.08 bits per heavy atom. The van der Waals surface area contributed by atoms with E-state index in [-0.39, 0.29) is 5.91 Å². The number of aryl methyl sites for hydroxylation is 1. The van der Waals surface area contributed by atoms with Gasteiger partial charge in [0.25, 0.3) is 5.91 Å². The molecule has 0 bridgehead atoms. The molecule has 1 aliphatic heterocycles. The van der Waals surface area contributed by atoms with Crippen LogP contribution in [0, 0.1) is 0 Å². The van der Waals surface area contributed by atoms with Gasteiger partial charge < -0.3 is 14.4 Å². The van der Waals surface area contributed by atoms with Crippen molar-refractivity contribution in [2.45, 2.75) is 32.2 Å². The smallest absolute Gasteiger partial charge is 0.254 e. The lowest BCUT2D eigenvalue weighted by Gasteiger charge is -2.31. The maximum atomic E-state index is 12.7. The van der Waals surface area contributed by atoms with Crippen molar-refractivity contribution in [2.75, 3.05) is 32.1 Å². The Morgan fingerprint density at radius 1 is 1.33 bits per heavy atom. The Hall–Kier alpha value is -2.44. The summed E-state index contributed by atoms with van der Waals surface area (Å²) in [6.07, 6.45) is 5.33. The molecule has 7 nitrogen and oxygen atoms in total. The lowest BCUT2D eigenvalue weighted by atomic mass is 9.95. The third-order valence-electron chi connectivity index (χ3n) is 4.58. The highest BCUT2D eigenvalue weighted by atomic mass is 16.2. The molecule has 3 heterocycles. The third kappa shape index (κ3) is 3.25. The number of amides is 1. The van der Waals surface area contributed by atoms with Gasteiger partial charge in [-0.2, -0.15) is 0 Å². The summed E-state index contributed by atoms with van der Waals surface area (Å²) >= 11 is 0. The molecule has 0 radical (unpaired) electrons. The van der Waals surface area contributed by atoms with Crippen LogP contribution in [-0.2, 0) is 6.54 Å². The second kappa shape index (κ2) is 6.98. The monoisotopic (exact) mass is 328 g/mol. The van der Waals surface area contributed by atoms with Gasteiger partial charge in [-0.25, -0.2) is 4.98 Å². The second-order valence-electron chi connectivity index (χ2n) is 6.34. The van der Waals surface area contributed by atoms with E-state index in [2.05, 4.69) is 26.7 Å². The standard InChI is InChI=1S/C17H24N6O/c1-4-22-12-19-20-16(22)13-6-9-23(10-7-13)17(24)14-5-8-18-15(11-14)21(2)3/h5,8,11-13H,4,6-7,9-10H2,1-3H3. The van der Waals surface area contributed by atoms with Crippen molar-refractivity contribution in [3.63, 3.8) is 0 Å². The number of rotatable bonds is 4. The summed E-state index contributed by atoms with van der Waals surface area (Å²) in [5.74, 6) is 2.30. The van der Waals surface area contributed by atoms with E-state index in [9.17, 15) is 4.79 Å². The normalized spacial score (nSPS) is 15.5. The fourth-order valence-electron chi connectivity index (χ4n) is 3.14. The zero-order chi connectivity index (χ0) is 17.1. The third-order valence-corrected chi connectivity index (χ3v) is 4.58. The van der Waals surface area contributed by atoms with E-state index < -0.39 is 0 Å². The number of piperidine rings is 1. The van der Waals surface area contributed by atoms with Crippen LogP contribution in [-0.4, -0.2) is 57.7 Å². The molecule has 1 fully saturated rings. The average Bonchev–Trinajstić information content (AvgIpc) is 3.10. The van der Waals surface area contributed by atoms with Gasteiger partial charge in [0.1, 0.15) is 18.0 Å². The van der Waals surface area contributed by atoms with Crippen molar-refractivity contribution >= 4 is 11.7 Å². The summed E-state index contributed by atoms with van der Waals surface area (Å²) in [5, 5.41) is 8.28. The van der Waals surface area contributed by atoms with E-state index in [0.29, 0.717) is 11.5 Å². The molecule has 1 saturated heterocycles. The lowest BCUT2D eigenvalue weighted by Crippen LogP contribution is -2.38. The molecule has 128 valence electrons. The molecule has 0 spiro atoms. The Morgan fingerprint density at radius 3 is 2.75 bits per heavy atom. The number of pyridine rings is 1. The molecule has 1 amide bonds. The minimum atomic E-state index is 0.0795. The number of carbonyl (C=O) groups is 1. The quantitative estimate of drug-likeness (QED) is 0.856. The van der Waals surface area contributed by atoms with Gasteiger partial charge in [-0.05, 0) is 31.9 Å². The summed E-state index contributed by atoms with van der Waals surface area (Å²) in [7, 11) is 3.85. The zero-order valence-corrected chi connectivity index (χ0v) is 14.5. The molecule has 3 rings (SSSR count). The number of aromatic nitrogens is 4. The van der Waals surface area contributed by atoms with Crippen LogP contribution in [0.3, 0.4) is 0 Å². The van der Waals surface area contributed by atoms with Crippen LogP contribution in [0.1, 0.15) is 41.9 Å². The Labute approximate surface area is 142 Å². The second-order valence-corrected chi connectivity index (χ2v) is 6.34. The maximum absolute atomic E-state index is 12.7. The molecular formula is C17H24N6O. The van der Waals surface area contributed by atoms with Gasteiger partial charge in [-0.1, -0.05) is 0 Å². The van der Waals surface area contributed by atoms with Gasteiger partial charge in [-0.3, -0.25) is 4.79 Å². The maximum Gasteiger partial charge on any atom is 0.254 e. The predicted molar refractivity (Wildman–Crippen MR) is 92.1 cm³/mol. The summed E-state index contributed by atoms with van der Waals surface area (Å²) < 4.78 is 2.09. The van der Waals surface area contributed by atoms with E-state index in [1.165, 1.54) is 0 Å². The van der Waals surface area contributed by atoms with Crippen molar-refractivity contribution in [3.05, 3.63) is 36.0 Å². The molecule has 0 aromatic carbocycles. The molecule has 24 heavy (non-hydrogen) atoms. The first-order valence-corrected chi connectivity index (χ1v) is 8.40. The number of anilines is 1. The summed E-state index contributed by atoms with van der Waals surface area (Å²) in [6, 6.07) is 3.64. The minimum Gasteiger partial charge on any atom is -0.363 e. The molecular weight excluding hydrogens is 304 g/mol. The van der Waals surface area contributed by atoms with Crippen molar-refractivity contribution in [2.24, 2.45) is 0 Å². The highest BCUT2D eigenvalue weighted by Crippen LogP contribution is 2.27. The van der Waals surface area contributed by atoms with Gasteiger partial charge in [-0.15, -0.1) is 10.2 Å². The largest absolute Gasteiger partial charge is 0.363 e. The van der Waals surface area contributed by atoms with Crippen LogP contribution in [0.4, 0.5) is 5.82 Å². The first-order chi connectivity index (χ1) is 11.6. The van der Waals surface area contributed by atoms with Crippen molar-refractivity contribution in [1.82, 2.24) is 24.6 Å². The molecule has 0 saturated carbocycles. The first kappa shape index (κ1) is 16.4. The zero-order valence-electron chi connectivity index (χ0n) is 14.5. The summed E-state index contributed by atoms with van der Waals surface area (Å²) in [4.78, 5) is 20.8. The number of hydrogen-bond acceptors (Lipinski definition) is 5. The van der Waals surface area contributed by atoms with Gasteiger partial charge in [0, 0.05) is 51.4 Å². The van der Waals surface area contributed by atoms with Crippen LogP contribution in [0.15, 0.2) is 24.7 Å². The molecule has 0 N–H and O–H groups in total. The highest BCUT2D eigenvalue weighted by molar-refractivity contribution is 5.94. The van der Waals surface area contributed by atoms with Gasteiger partial charge >= 0.3 is 0 Å². The number of likely N-dealkylation sites (tertiary alicyclic amines) is 1. The van der Waals surface area contributed by atoms with E-state index in [1.807, 2.05) is 30.0 Å². The number of carbonyl (C=O) groups excluding carboxylic acids is 1. The van der Waals surface area contributed by atoms with Crippen molar-refractivity contribution in [3.8, 4) is 0 Å². The van der Waals surface area contributed by atoms with E-state index in [0.717, 1.165) is 44.1 Å². The molecule has 2 aromatic heterocycles. The van der Waals surface area contributed by atoms with Crippen LogP contribution in [0.2, 0.25) is 0 Å². The van der Waals surface area contributed by atoms with Crippen LogP contribution < -0.4 is 4.90 Å². The molecule has 0 atom stereocenters. The molecule has 1 aliphatic rings. The van der Waals surface area contributed by atoms with E-state index in [1.54, 1.807) is 18.6 Å². The summed E-state index contributed by atoms with van der Waals surface area (Å²) in [6.45, 7) is 4.47. The van der Waals surface area contributed by atoms with E-state index in [4.69, 9.17) is 0 Å². The van der Waals surface area contributed by atoms with Gasteiger partial charge in [0.2, 0.25) is 0 Å². The lowest BCUT2D eigenvalue weighted by molar-refractivity contribution is 0.0710. The number of nitrogens with zero attached hydrogens (tertiary/aromatic N) is 6. The minimum absolute atomic E-state index is 0.0795. The SMILES string of the molecule is CCn1cnnc1C1CCN(C(=O)c2ccnc(N(C)C)c2)CC1. The summed E-state index contributed by atoms with van der Waals surface area (Å²) in [5.41, 5.74) is 0.698. The molecule has 0 unspecified atom stereocenters. The molecule has 0 aliphatic carbocycles. The number of hydrogen-bond donors (Lipinski definition) is 0. The fraction of sp³-hybridized carbons (Fsp3) is 0.529. The first-order valence-electron chi connectivity index (χ1n) is 8.40. The predicted octanol–water partition coefficient (Wildman–Crippen LogP) is 1.78. The Balaban J connectivity index is 1.66. The molecule has 7 heteroatoms. The van der Waals surface area contributed by atoms with E-state index >= 15 is 0 Å². The van der Waals surface area contributed by atoms with Gasteiger partial charge in [0.05, 0.1) is 0 Å². The van der Waals surface area contributed by atoms with Crippen LogP contribution in [0.25, 0.3) is 0 Å². The Bertz CT molecular complexity index is 703. The fourth-order valence-corrected chi connectivity index (χ4v) is 3.14. The van der Waals surface area contributed by atoms with Crippen LogP contribution in [0.5, 0.6) is 0 Å². The van der Waals surface area contributed by atoms with Crippen molar-refractivity contribution in [1.29, 1.82) is 0 Å². The topological polar surface area (TPSA) is 67.2 Å². The van der Waals surface area contributed by atoms with Gasteiger partial charge in [0.15, 0.2) is 0 Å². The van der Waals surface area contributed by atoms with Crippen LogP contribution >= 0.6 is 0 Å². The molecule has 2 aromatic rings. The average molecular weight is 328 g/mol. The van der Waals surface area contributed by atoms with Crippen molar-refractivity contribution < 1.29 is 4.79 Å². The highest BCUT2D eigenvalue weighted by Gasteiger charge is 2.27. The Kier molecular flexibility index (Phi) is 4.78.